The fourth-order valence-electron chi connectivity index (χ4n) is 1.98. The fourth-order valence-corrected chi connectivity index (χ4v) is 1.98. The first kappa shape index (κ1) is 19.8. The molecule has 0 fully saturated rings. The van der Waals surface area contributed by atoms with Crippen LogP contribution in [0.1, 0.15) is 57.3 Å². The van der Waals surface area contributed by atoms with Crippen molar-refractivity contribution in [1.82, 2.24) is 10.9 Å². The van der Waals surface area contributed by atoms with Crippen LogP contribution >= 0.6 is 0 Å². The normalized spacial score (nSPS) is 10.9. The van der Waals surface area contributed by atoms with Gasteiger partial charge >= 0.3 is 0 Å². The van der Waals surface area contributed by atoms with Gasteiger partial charge in [0, 0.05) is 12.0 Å². The highest BCUT2D eigenvalue weighted by Gasteiger charge is 2.17. The minimum atomic E-state index is -0.407. The number of rotatable bonds is 7. The summed E-state index contributed by atoms with van der Waals surface area (Å²) in [5.41, 5.74) is 5.07. The Balaban J connectivity index is 2.65. The second kappa shape index (κ2) is 9.15. The third kappa shape index (κ3) is 6.89. The molecule has 0 unspecified atom stereocenters. The summed E-state index contributed by atoms with van der Waals surface area (Å²) in [6, 6.07) is 4.92. The molecule has 1 aromatic rings. The molecule has 6 heteroatoms. The van der Waals surface area contributed by atoms with E-state index in [1.165, 1.54) is 7.11 Å². The number of benzene rings is 1. The highest BCUT2D eigenvalue weighted by atomic mass is 16.5. The number of methoxy groups -OCH3 is 1. The summed E-state index contributed by atoms with van der Waals surface area (Å²) in [6.07, 6.45) is 2.31. The molecule has 0 spiro atoms. The van der Waals surface area contributed by atoms with Gasteiger partial charge in [-0.1, -0.05) is 34.1 Å². The van der Waals surface area contributed by atoms with Crippen LogP contribution in [0.4, 0.5) is 0 Å². The van der Waals surface area contributed by atoms with Crippen LogP contribution in [0.3, 0.4) is 0 Å². The van der Waals surface area contributed by atoms with Gasteiger partial charge in [0.15, 0.2) is 11.5 Å². The molecule has 1 aromatic carbocycles. The monoisotopic (exact) mass is 336 g/mol. The highest BCUT2D eigenvalue weighted by molar-refractivity contribution is 5.96. The van der Waals surface area contributed by atoms with Crippen molar-refractivity contribution in [2.45, 2.75) is 47.0 Å². The molecule has 0 bridgehead atoms. The third-order valence-electron chi connectivity index (χ3n) is 3.19. The summed E-state index contributed by atoms with van der Waals surface area (Å²) < 4.78 is 10.9. The fraction of sp³-hybridized carbons (Fsp3) is 0.556. The van der Waals surface area contributed by atoms with E-state index in [1.807, 2.05) is 20.8 Å². The van der Waals surface area contributed by atoms with Gasteiger partial charge < -0.3 is 9.47 Å². The lowest BCUT2D eigenvalue weighted by molar-refractivity contribution is -0.123. The molecule has 2 amide bonds. The van der Waals surface area contributed by atoms with Crippen LogP contribution in [0, 0.1) is 5.41 Å². The summed E-state index contributed by atoms with van der Waals surface area (Å²) in [5.74, 6) is 0.442. The molecular weight excluding hydrogens is 308 g/mol. The van der Waals surface area contributed by atoms with Crippen LogP contribution < -0.4 is 20.3 Å². The smallest absolute Gasteiger partial charge is 0.269 e. The quantitative estimate of drug-likeness (QED) is 0.592. The van der Waals surface area contributed by atoms with E-state index in [2.05, 4.69) is 17.8 Å². The van der Waals surface area contributed by atoms with Gasteiger partial charge in [-0.3, -0.25) is 20.4 Å². The molecule has 0 heterocycles. The Morgan fingerprint density at radius 2 is 1.83 bits per heavy atom. The zero-order valence-electron chi connectivity index (χ0n) is 15.2. The van der Waals surface area contributed by atoms with Crippen molar-refractivity contribution in [1.29, 1.82) is 0 Å². The zero-order chi connectivity index (χ0) is 18.2. The van der Waals surface area contributed by atoms with Gasteiger partial charge in [0.2, 0.25) is 5.91 Å². The van der Waals surface area contributed by atoms with Crippen LogP contribution in [-0.2, 0) is 4.79 Å². The summed E-state index contributed by atoms with van der Waals surface area (Å²) in [5, 5.41) is 0. The molecule has 0 aliphatic rings. The minimum absolute atomic E-state index is 0.143. The predicted octanol–water partition coefficient (Wildman–Crippen LogP) is 3.07. The molecule has 0 atom stereocenters. The summed E-state index contributed by atoms with van der Waals surface area (Å²) in [6.45, 7) is 8.55. The van der Waals surface area contributed by atoms with Crippen molar-refractivity contribution in [3.05, 3.63) is 23.8 Å². The van der Waals surface area contributed by atoms with Crippen molar-refractivity contribution >= 4 is 11.8 Å². The lowest BCUT2D eigenvalue weighted by Gasteiger charge is -2.17. The molecule has 6 nitrogen and oxygen atoms in total. The Kier molecular flexibility index (Phi) is 7.55. The number of ether oxygens (including phenoxy) is 2. The molecule has 24 heavy (non-hydrogen) atoms. The minimum Gasteiger partial charge on any atom is -0.493 e. The van der Waals surface area contributed by atoms with E-state index >= 15 is 0 Å². The molecule has 0 saturated heterocycles. The van der Waals surface area contributed by atoms with E-state index in [0.717, 1.165) is 12.8 Å². The third-order valence-corrected chi connectivity index (χ3v) is 3.19. The SMILES string of the molecule is CCCCOc1ccc(C(=O)NNC(=O)CC(C)(C)C)cc1OC. The number of nitrogens with one attached hydrogen (secondary N) is 2. The van der Waals surface area contributed by atoms with Crippen LogP contribution in [0.5, 0.6) is 11.5 Å². The number of hydrazine groups is 1. The standard InChI is InChI=1S/C18H28N2O4/c1-6-7-10-24-14-9-8-13(11-15(14)23-5)17(22)20-19-16(21)12-18(2,3)4/h8-9,11H,6-7,10,12H2,1-5H3,(H,19,21)(H,20,22). The molecule has 0 saturated carbocycles. The Bertz CT molecular complexity index is 565. The van der Waals surface area contributed by atoms with E-state index in [-0.39, 0.29) is 11.3 Å². The van der Waals surface area contributed by atoms with E-state index in [4.69, 9.17) is 9.47 Å². The topological polar surface area (TPSA) is 76.7 Å². The van der Waals surface area contributed by atoms with Crippen LogP contribution in [0.25, 0.3) is 0 Å². The maximum Gasteiger partial charge on any atom is 0.269 e. The second-order valence-corrected chi connectivity index (χ2v) is 6.81. The number of hydrogen-bond donors (Lipinski definition) is 2. The van der Waals surface area contributed by atoms with Gasteiger partial charge in [0.1, 0.15) is 0 Å². The average molecular weight is 336 g/mol. The lowest BCUT2D eigenvalue weighted by atomic mass is 9.92. The first-order chi connectivity index (χ1) is 11.3. The molecule has 0 aliphatic carbocycles. The predicted molar refractivity (Wildman–Crippen MR) is 93.1 cm³/mol. The van der Waals surface area contributed by atoms with Crippen LogP contribution in [-0.4, -0.2) is 25.5 Å². The molecule has 0 radical (unpaired) electrons. The number of amides is 2. The Morgan fingerprint density at radius 3 is 2.42 bits per heavy atom. The summed E-state index contributed by atoms with van der Waals surface area (Å²) in [7, 11) is 1.52. The molecule has 0 aliphatic heterocycles. The molecule has 134 valence electrons. The molecule has 0 aromatic heterocycles. The Hall–Kier alpha value is -2.24. The van der Waals surface area contributed by atoms with Gasteiger partial charge in [-0.2, -0.15) is 0 Å². The van der Waals surface area contributed by atoms with Gasteiger partial charge in [0.05, 0.1) is 13.7 Å². The van der Waals surface area contributed by atoms with E-state index < -0.39 is 5.91 Å². The first-order valence-corrected chi connectivity index (χ1v) is 8.17. The number of carbonyl (C=O) groups is 2. The molecule has 1 rings (SSSR count). The van der Waals surface area contributed by atoms with Crippen molar-refractivity contribution in [3.8, 4) is 11.5 Å². The average Bonchev–Trinajstić information content (AvgIpc) is 2.51. The van der Waals surface area contributed by atoms with Gasteiger partial charge in [-0.25, -0.2) is 0 Å². The maximum absolute atomic E-state index is 12.1. The molecular formula is C18H28N2O4. The van der Waals surface area contributed by atoms with E-state index in [1.54, 1.807) is 18.2 Å². The second-order valence-electron chi connectivity index (χ2n) is 6.81. The van der Waals surface area contributed by atoms with Gasteiger partial charge in [0.25, 0.3) is 5.91 Å². The summed E-state index contributed by atoms with van der Waals surface area (Å²) >= 11 is 0. The zero-order valence-corrected chi connectivity index (χ0v) is 15.2. The number of carbonyl (C=O) groups excluding carboxylic acids is 2. The van der Waals surface area contributed by atoms with Crippen LogP contribution in [0.2, 0.25) is 0 Å². The lowest BCUT2D eigenvalue weighted by Crippen LogP contribution is -2.42. The highest BCUT2D eigenvalue weighted by Crippen LogP contribution is 2.28. The van der Waals surface area contributed by atoms with Crippen molar-refractivity contribution < 1.29 is 19.1 Å². The van der Waals surface area contributed by atoms with E-state index in [9.17, 15) is 9.59 Å². The van der Waals surface area contributed by atoms with Crippen molar-refractivity contribution in [2.24, 2.45) is 5.41 Å². The van der Waals surface area contributed by atoms with Crippen molar-refractivity contribution in [3.63, 3.8) is 0 Å². The molecule has 2 N–H and O–H groups in total. The van der Waals surface area contributed by atoms with Gasteiger partial charge in [-0.15, -0.1) is 0 Å². The first-order valence-electron chi connectivity index (χ1n) is 8.17. The summed E-state index contributed by atoms with van der Waals surface area (Å²) in [4.78, 5) is 23.9. The Labute approximate surface area is 143 Å². The number of hydrogen-bond acceptors (Lipinski definition) is 4. The van der Waals surface area contributed by atoms with Crippen molar-refractivity contribution in [2.75, 3.05) is 13.7 Å². The Morgan fingerprint density at radius 1 is 1.12 bits per heavy atom. The van der Waals surface area contributed by atoms with Gasteiger partial charge in [-0.05, 0) is 30.0 Å². The van der Waals surface area contributed by atoms with E-state index in [0.29, 0.717) is 30.1 Å². The number of unbranched alkanes of at least 4 members (excludes halogenated alkanes) is 1. The largest absolute Gasteiger partial charge is 0.493 e. The maximum atomic E-state index is 12.1. The van der Waals surface area contributed by atoms with Crippen LogP contribution in [0.15, 0.2) is 18.2 Å².